The fraction of sp³-hybridized carbons (Fsp3) is 0.250. The molecule has 1 aliphatic rings. The van der Waals surface area contributed by atoms with Gasteiger partial charge in [-0.2, -0.15) is 12.7 Å². The van der Waals surface area contributed by atoms with Gasteiger partial charge in [-0.05, 0) is 19.1 Å². The molecule has 32 heavy (non-hydrogen) atoms. The maximum absolute atomic E-state index is 11.9. The molecule has 1 aromatic carbocycles. The second-order valence-electron chi connectivity index (χ2n) is 6.91. The van der Waals surface area contributed by atoms with E-state index >= 15 is 0 Å². The molecule has 0 atom stereocenters. The van der Waals surface area contributed by atoms with Crippen LogP contribution in [0.15, 0.2) is 52.4 Å². The Morgan fingerprint density at radius 3 is 3.03 bits per heavy atom. The zero-order chi connectivity index (χ0) is 22.7. The average molecular weight is 474 g/mol. The van der Waals surface area contributed by atoms with E-state index in [2.05, 4.69) is 31.6 Å². The summed E-state index contributed by atoms with van der Waals surface area (Å²) < 4.78 is 29.5. The number of aliphatic imine (C=N–C) groups is 2. The lowest BCUT2D eigenvalue weighted by atomic mass is 10.1. The summed E-state index contributed by atoms with van der Waals surface area (Å²) in [7, 11) is -3.40. The Balaban J connectivity index is 1.60. The Morgan fingerprint density at radius 2 is 2.31 bits per heavy atom. The van der Waals surface area contributed by atoms with Gasteiger partial charge in [0, 0.05) is 49.5 Å². The Bertz CT molecular complexity index is 1310. The van der Waals surface area contributed by atoms with Crippen molar-refractivity contribution in [3.05, 3.63) is 48.1 Å². The lowest BCUT2D eigenvalue weighted by molar-refractivity contribution is 0.451. The number of nitrogens with zero attached hydrogens (tertiary/aromatic N) is 5. The molecule has 3 N–H and O–H groups in total. The van der Waals surface area contributed by atoms with Gasteiger partial charge in [0.25, 0.3) is 10.2 Å². The highest BCUT2D eigenvalue weighted by molar-refractivity contribution is 7.87. The van der Waals surface area contributed by atoms with Crippen LogP contribution in [0.2, 0.25) is 0 Å². The van der Waals surface area contributed by atoms with Crippen LogP contribution in [0.1, 0.15) is 12.6 Å². The van der Waals surface area contributed by atoms with E-state index in [1.807, 2.05) is 22.0 Å². The number of thiazole rings is 1. The largest absolute Gasteiger partial charge is 0.508 e. The number of phenolic OH excluding ortho intramolecular Hbond substituents is 1. The third kappa shape index (κ3) is 4.58. The Morgan fingerprint density at radius 1 is 1.47 bits per heavy atom. The second kappa shape index (κ2) is 9.20. The first-order valence-electron chi connectivity index (χ1n) is 9.89. The van der Waals surface area contributed by atoms with Crippen LogP contribution in [0.25, 0.3) is 21.9 Å². The summed E-state index contributed by atoms with van der Waals surface area (Å²) >= 11 is 1.48. The maximum atomic E-state index is 11.9. The van der Waals surface area contributed by atoms with E-state index < -0.39 is 10.2 Å². The molecular formula is C20H23N7O3S2. The molecule has 0 aliphatic carbocycles. The molecule has 3 aromatic rings. The highest BCUT2D eigenvalue weighted by atomic mass is 32.2. The van der Waals surface area contributed by atoms with Gasteiger partial charge in [-0.1, -0.05) is 18.7 Å². The first-order valence-corrected chi connectivity index (χ1v) is 12.2. The summed E-state index contributed by atoms with van der Waals surface area (Å²) in [6.07, 6.45) is 3.48. The van der Waals surface area contributed by atoms with Crippen LogP contribution in [-0.4, -0.2) is 65.6 Å². The van der Waals surface area contributed by atoms with Crippen LogP contribution in [0.4, 0.5) is 0 Å². The number of aromatic hydroxyl groups is 1. The Hall–Kier alpha value is -3.06. The van der Waals surface area contributed by atoms with Crippen molar-refractivity contribution in [3.8, 4) is 17.0 Å². The number of benzene rings is 1. The third-order valence-corrected chi connectivity index (χ3v) is 7.15. The van der Waals surface area contributed by atoms with Crippen molar-refractivity contribution < 1.29 is 13.5 Å². The number of phenols is 1. The van der Waals surface area contributed by atoms with Crippen molar-refractivity contribution >= 4 is 44.4 Å². The van der Waals surface area contributed by atoms with Gasteiger partial charge < -0.3 is 10.4 Å². The lowest BCUT2D eigenvalue weighted by Crippen LogP contribution is -2.37. The molecule has 0 saturated carbocycles. The molecule has 0 spiro atoms. The van der Waals surface area contributed by atoms with Gasteiger partial charge in [0.15, 0.2) is 4.96 Å². The second-order valence-corrected chi connectivity index (χ2v) is 9.54. The molecule has 2 aromatic heterocycles. The summed E-state index contributed by atoms with van der Waals surface area (Å²) in [5, 5.41) is 14.9. The van der Waals surface area contributed by atoms with E-state index in [9.17, 15) is 13.5 Å². The maximum Gasteiger partial charge on any atom is 0.279 e. The molecule has 4 rings (SSSR count). The van der Waals surface area contributed by atoms with Crippen LogP contribution in [0, 0.1) is 0 Å². The summed E-state index contributed by atoms with van der Waals surface area (Å²) in [5.41, 5.74) is 2.50. The predicted molar refractivity (Wildman–Crippen MR) is 127 cm³/mol. The van der Waals surface area contributed by atoms with E-state index in [0.29, 0.717) is 42.7 Å². The molecule has 1 aliphatic heterocycles. The monoisotopic (exact) mass is 473 g/mol. The molecule has 0 unspecified atom stereocenters. The number of fused-ring (bicyclic) bond motifs is 1. The van der Waals surface area contributed by atoms with Crippen molar-refractivity contribution in [3.63, 3.8) is 0 Å². The molecule has 0 amide bonds. The van der Waals surface area contributed by atoms with E-state index in [1.54, 1.807) is 31.3 Å². The first-order chi connectivity index (χ1) is 15.4. The SMILES string of the molecule is C=C(/N=C(\N=C/C)NCCN1CCNS1(=O)=O)c1c(-c2cccc(O)c2)nc2sccn12. The number of hydrogen-bond acceptors (Lipinski definition) is 6. The van der Waals surface area contributed by atoms with E-state index in [4.69, 9.17) is 0 Å². The predicted octanol–water partition coefficient (Wildman–Crippen LogP) is 1.93. The summed E-state index contributed by atoms with van der Waals surface area (Å²) in [5.74, 6) is 0.456. The Kier molecular flexibility index (Phi) is 6.37. The lowest BCUT2D eigenvalue weighted by Gasteiger charge is -2.14. The average Bonchev–Trinajstić information content (AvgIpc) is 3.42. The van der Waals surface area contributed by atoms with Crippen LogP contribution in [0.3, 0.4) is 0 Å². The van der Waals surface area contributed by atoms with Crippen LogP contribution in [-0.2, 0) is 10.2 Å². The van der Waals surface area contributed by atoms with Crippen LogP contribution in [0.5, 0.6) is 5.75 Å². The molecule has 168 valence electrons. The van der Waals surface area contributed by atoms with E-state index in [1.165, 1.54) is 15.6 Å². The number of hydrogen-bond donors (Lipinski definition) is 3. The van der Waals surface area contributed by atoms with Crippen molar-refractivity contribution in [1.82, 2.24) is 23.7 Å². The fourth-order valence-electron chi connectivity index (χ4n) is 3.37. The molecule has 0 radical (unpaired) electrons. The van der Waals surface area contributed by atoms with Gasteiger partial charge in [0.05, 0.1) is 17.1 Å². The van der Waals surface area contributed by atoms with Gasteiger partial charge in [-0.25, -0.2) is 19.7 Å². The highest BCUT2D eigenvalue weighted by Crippen LogP contribution is 2.32. The Labute approximate surface area is 189 Å². The van der Waals surface area contributed by atoms with Crippen molar-refractivity contribution in [2.45, 2.75) is 6.92 Å². The van der Waals surface area contributed by atoms with E-state index in [-0.39, 0.29) is 12.3 Å². The number of nitrogens with one attached hydrogen (secondary N) is 2. The number of imidazole rings is 1. The van der Waals surface area contributed by atoms with Crippen LogP contribution < -0.4 is 10.0 Å². The zero-order valence-electron chi connectivity index (χ0n) is 17.4. The standard InChI is InChI=1S/C20H23N7O3S2/c1-3-21-19(22-7-9-26-10-8-23-32(26,29)30)24-14(2)18-17(15-5-4-6-16(28)13-15)25-20-27(18)11-12-31-20/h3-6,11-13,23,28H,2,7-10H2,1H3,(H,22,24)/b21-3-. The van der Waals surface area contributed by atoms with Gasteiger partial charge >= 0.3 is 0 Å². The number of rotatable bonds is 6. The number of guanidine groups is 1. The van der Waals surface area contributed by atoms with E-state index in [0.717, 1.165) is 10.5 Å². The molecular weight excluding hydrogens is 450 g/mol. The molecule has 1 fully saturated rings. The van der Waals surface area contributed by atoms with Gasteiger partial charge in [0.1, 0.15) is 5.75 Å². The quantitative estimate of drug-likeness (QED) is 0.373. The van der Waals surface area contributed by atoms with Gasteiger partial charge in [-0.3, -0.25) is 4.40 Å². The minimum atomic E-state index is -3.40. The smallest absolute Gasteiger partial charge is 0.279 e. The topological polar surface area (TPSA) is 124 Å². The van der Waals surface area contributed by atoms with Crippen LogP contribution >= 0.6 is 11.3 Å². The molecule has 12 heteroatoms. The van der Waals surface area contributed by atoms with Crippen molar-refractivity contribution in [2.24, 2.45) is 9.98 Å². The summed E-state index contributed by atoms with van der Waals surface area (Å²) in [6.45, 7) is 7.36. The minimum Gasteiger partial charge on any atom is -0.508 e. The van der Waals surface area contributed by atoms with Gasteiger partial charge in [-0.15, -0.1) is 11.3 Å². The highest BCUT2D eigenvalue weighted by Gasteiger charge is 2.27. The normalized spacial score (nSPS) is 16.8. The zero-order valence-corrected chi connectivity index (χ0v) is 19.0. The van der Waals surface area contributed by atoms with Crippen molar-refractivity contribution in [2.75, 3.05) is 26.2 Å². The first kappa shape index (κ1) is 22.1. The molecule has 1 saturated heterocycles. The molecule has 3 heterocycles. The summed E-state index contributed by atoms with van der Waals surface area (Å²) in [6, 6.07) is 6.85. The summed E-state index contributed by atoms with van der Waals surface area (Å²) in [4.78, 5) is 14.3. The fourth-order valence-corrected chi connectivity index (χ4v) is 5.28. The number of aromatic nitrogens is 2. The molecule has 10 nitrogen and oxygen atoms in total. The minimum absolute atomic E-state index is 0.142. The van der Waals surface area contributed by atoms with Gasteiger partial charge in [0.2, 0.25) is 5.96 Å². The third-order valence-electron chi connectivity index (χ3n) is 4.78. The van der Waals surface area contributed by atoms with Crippen molar-refractivity contribution in [1.29, 1.82) is 0 Å². The molecule has 0 bridgehead atoms.